The number of hydrogen-bond acceptors (Lipinski definition) is 9. The number of rotatable bonds is 7. The van der Waals surface area contributed by atoms with Gasteiger partial charge in [-0.2, -0.15) is 18.7 Å². The van der Waals surface area contributed by atoms with E-state index in [-0.39, 0.29) is 63.4 Å². The Labute approximate surface area is 280 Å². The summed E-state index contributed by atoms with van der Waals surface area (Å²) in [6.45, 7) is -0.0226. The standard InChI is InChI=1S/C36H37F4N5O4/c1-4-22-24(37)10-9-20-16-21(46)17-23(26(20)22)29-28(38)30-27(32(41-29)49-33(39)40)31(45-15-6-11-35(2,47)18-45)43-34(42-30)48-19-36-12-5-8-25(36)44(3)14-7-13-36/h1,9-10,16-17,25,33,46-47H,5-8,11-15,18-19H2,2-3H3/t25?,35-,36?/m1/s1. The van der Waals surface area contributed by atoms with Crippen LogP contribution in [0.5, 0.6) is 17.6 Å². The molecule has 0 bridgehead atoms. The fourth-order valence-corrected chi connectivity index (χ4v) is 8.28. The maximum atomic E-state index is 17.1. The van der Waals surface area contributed by atoms with Gasteiger partial charge in [0, 0.05) is 35.5 Å². The third-order valence-corrected chi connectivity index (χ3v) is 10.4. The van der Waals surface area contributed by atoms with Crippen LogP contribution in [0.4, 0.5) is 23.4 Å². The minimum absolute atomic E-state index is 0.0194. The Morgan fingerprint density at radius 1 is 1.06 bits per heavy atom. The van der Waals surface area contributed by atoms with E-state index in [1.165, 1.54) is 12.1 Å². The van der Waals surface area contributed by atoms with Crippen molar-refractivity contribution >= 4 is 27.5 Å². The number of fused-ring (bicyclic) bond motifs is 3. The quantitative estimate of drug-likeness (QED) is 0.170. The third kappa shape index (κ3) is 5.95. The van der Waals surface area contributed by atoms with Crippen molar-refractivity contribution in [2.24, 2.45) is 5.41 Å². The highest BCUT2D eigenvalue weighted by atomic mass is 19.3. The highest BCUT2D eigenvalue weighted by Gasteiger charge is 2.47. The van der Waals surface area contributed by atoms with Crippen molar-refractivity contribution in [2.75, 3.05) is 38.2 Å². The summed E-state index contributed by atoms with van der Waals surface area (Å²) in [5.41, 5.74) is -2.65. The van der Waals surface area contributed by atoms with Gasteiger partial charge in [-0.3, -0.25) is 0 Å². The summed E-state index contributed by atoms with van der Waals surface area (Å²) < 4.78 is 71.3. The Morgan fingerprint density at radius 3 is 2.59 bits per heavy atom. The minimum atomic E-state index is -3.37. The number of phenolic OH excluding ortho intramolecular Hbond substituents is 1. The van der Waals surface area contributed by atoms with E-state index in [1.807, 2.05) is 0 Å². The lowest BCUT2D eigenvalue weighted by Crippen LogP contribution is -2.50. The molecular formula is C36H37F4N5O4. The van der Waals surface area contributed by atoms with E-state index in [2.05, 4.69) is 32.8 Å². The molecule has 2 saturated heterocycles. The molecule has 2 N–H and O–H groups in total. The second kappa shape index (κ2) is 12.5. The van der Waals surface area contributed by atoms with Crippen LogP contribution in [-0.4, -0.2) is 81.6 Å². The van der Waals surface area contributed by atoms with Gasteiger partial charge in [0.1, 0.15) is 34.0 Å². The number of aromatic nitrogens is 3. The largest absolute Gasteiger partial charge is 0.508 e. The maximum Gasteiger partial charge on any atom is 0.388 e. The van der Waals surface area contributed by atoms with Gasteiger partial charge in [-0.15, -0.1) is 6.42 Å². The summed E-state index contributed by atoms with van der Waals surface area (Å²) >= 11 is 0. The van der Waals surface area contributed by atoms with Crippen molar-refractivity contribution in [1.82, 2.24) is 19.9 Å². The van der Waals surface area contributed by atoms with E-state index in [1.54, 1.807) is 11.8 Å². The van der Waals surface area contributed by atoms with Gasteiger partial charge in [0.05, 0.1) is 17.8 Å². The molecule has 3 atom stereocenters. The topological polar surface area (TPSA) is 104 Å². The van der Waals surface area contributed by atoms with Crippen LogP contribution in [-0.2, 0) is 0 Å². The number of halogens is 4. The Balaban J connectivity index is 1.46. The number of nitrogens with zero attached hydrogens (tertiary/aromatic N) is 5. The van der Waals surface area contributed by atoms with Crippen molar-refractivity contribution in [3.63, 3.8) is 0 Å². The fraction of sp³-hybridized carbons (Fsp3) is 0.472. The van der Waals surface area contributed by atoms with Gasteiger partial charge in [-0.25, -0.2) is 13.8 Å². The van der Waals surface area contributed by atoms with Gasteiger partial charge in [0.15, 0.2) is 5.82 Å². The molecule has 9 nitrogen and oxygen atoms in total. The number of phenols is 1. The number of terminal acetylenes is 1. The zero-order chi connectivity index (χ0) is 34.7. The first-order chi connectivity index (χ1) is 23.4. The molecular weight excluding hydrogens is 642 g/mol. The zero-order valence-corrected chi connectivity index (χ0v) is 27.3. The molecule has 2 aromatic carbocycles. The van der Waals surface area contributed by atoms with Gasteiger partial charge in [0.2, 0.25) is 5.88 Å². The van der Waals surface area contributed by atoms with E-state index in [0.29, 0.717) is 25.4 Å². The molecule has 4 aromatic rings. The molecule has 1 aliphatic carbocycles. The second-order valence-corrected chi connectivity index (χ2v) is 13.8. The number of ether oxygens (including phenoxy) is 2. The summed E-state index contributed by atoms with van der Waals surface area (Å²) in [6, 6.07) is 5.06. The molecule has 0 amide bonds. The summed E-state index contributed by atoms with van der Waals surface area (Å²) in [6.07, 6.45) is 11.7. The Bertz CT molecular complexity index is 1990. The van der Waals surface area contributed by atoms with Crippen molar-refractivity contribution < 1.29 is 37.2 Å². The highest BCUT2D eigenvalue weighted by Crippen LogP contribution is 2.48. The SMILES string of the molecule is C#Cc1c(F)ccc2cc(O)cc(-c3nc(OC(F)F)c4c(N5CCC[C@@](C)(O)C5)nc(OCC56CCCC5N(C)CCC6)nc4c3F)c12. The minimum Gasteiger partial charge on any atom is -0.508 e. The lowest BCUT2D eigenvalue weighted by Gasteiger charge is -2.44. The average Bonchev–Trinajstić information content (AvgIpc) is 3.49. The molecule has 4 heterocycles. The predicted octanol–water partition coefficient (Wildman–Crippen LogP) is 6.41. The number of anilines is 1. The number of piperidine rings is 2. The molecule has 1 saturated carbocycles. The first-order valence-corrected chi connectivity index (χ1v) is 16.5. The van der Waals surface area contributed by atoms with Crippen LogP contribution in [0.15, 0.2) is 24.3 Å². The van der Waals surface area contributed by atoms with Gasteiger partial charge >= 0.3 is 12.6 Å². The van der Waals surface area contributed by atoms with Crippen LogP contribution in [0, 0.1) is 29.4 Å². The summed E-state index contributed by atoms with van der Waals surface area (Å²) in [4.78, 5) is 17.3. The van der Waals surface area contributed by atoms with Crippen molar-refractivity contribution in [1.29, 1.82) is 0 Å². The maximum absolute atomic E-state index is 17.1. The van der Waals surface area contributed by atoms with Crippen LogP contribution in [0.1, 0.15) is 57.4 Å². The van der Waals surface area contributed by atoms with E-state index < -0.39 is 40.9 Å². The van der Waals surface area contributed by atoms with Crippen LogP contribution in [0.25, 0.3) is 32.9 Å². The Hall–Kier alpha value is -4.41. The monoisotopic (exact) mass is 679 g/mol. The average molecular weight is 680 g/mol. The number of aromatic hydroxyl groups is 1. The molecule has 258 valence electrons. The number of likely N-dealkylation sites (tertiary alicyclic amines) is 1. The number of aliphatic hydroxyl groups is 1. The highest BCUT2D eigenvalue weighted by molar-refractivity contribution is 6.04. The predicted molar refractivity (Wildman–Crippen MR) is 176 cm³/mol. The number of alkyl halides is 2. The van der Waals surface area contributed by atoms with Gasteiger partial charge in [0.25, 0.3) is 0 Å². The van der Waals surface area contributed by atoms with Crippen molar-refractivity contribution in [2.45, 2.75) is 70.1 Å². The van der Waals surface area contributed by atoms with Crippen LogP contribution >= 0.6 is 0 Å². The molecule has 3 aliphatic rings. The molecule has 3 fully saturated rings. The van der Waals surface area contributed by atoms with E-state index >= 15 is 4.39 Å². The van der Waals surface area contributed by atoms with Gasteiger partial charge in [-0.05, 0) is 82.6 Å². The summed E-state index contributed by atoms with van der Waals surface area (Å²) in [5, 5.41) is 21.6. The van der Waals surface area contributed by atoms with Crippen LogP contribution in [0.3, 0.4) is 0 Å². The van der Waals surface area contributed by atoms with Gasteiger partial charge < -0.3 is 29.5 Å². The Morgan fingerprint density at radius 2 is 1.84 bits per heavy atom. The molecule has 7 rings (SSSR count). The molecule has 2 aromatic heterocycles. The molecule has 49 heavy (non-hydrogen) atoms. The van der Waals surface area contributed by atoms with Crippen molar-refractivity contribution in [3.8, 4) is 41.2 Å². The smallest absolute Gasteiger partial charge is 0.388 e. The molecule has 2 aliphatic heterocycles. The molecule has 13 heteroatoms. The lowest BCUT2D eigenvalue weighted by molar-refractivity contribution is -0.0517. The second-order valence-electron chi connectivity index (χ2n) is 13.8. The molecule has 0 spiro atoms. The van der Waals surface area contributed by atoms with E-state index in [9.17, 15) is 23.4 Å². The van der Waals surface area contributed by atoms with Crippen LogP contribution in [0.2, 0.25) is 0 Å². The molecule has 2 unspecified atom stereocenters. The third-order valence-electron chi connectivity index (χ3n) is 10.4. The normalized spacial score (nSPS) is 24.4. The van der Waals surface area contributed by atoms with E-state index in [0.717, 1.165) is 50.8 Å². The lowest BCUT2D eigenvalue weighted by atomic mass is 9.76. The number of pyridine rings is 1. The summed E-state index contributed by atoms with van der Waals surface area (Å²) in [7, 11) is 2.10. The zero-order valence-electron chi connectivity index (χ0n) is 27.3. The fourth-order valence-electron chi connectivity index (χ4n) is 8.28. The summed E-state index contributed by atoms with van der Waals surface area (Å²) in [5.74, 6) is -0.559. The van der Waals surface area contributed by atoms with E-state index in [4.69, 9.17) is 15.9 Å². The molecule has 0 radical (unpaired) electrons. The number of hydrogen-bond donors (Lipinski definition) is 2. The van der Waals surface area contributed by atoms with Gasteiger partial charge in [-0.1, -0.05) is 18.4 Å². The first kappa shape index (κ1) is 33.1. The first-order valence-electron chi connectivity index (χ1n) is 16.5. The number of β-amino-alcohol motifs (C(OH)–C–C–N with tert-alkyl or cyclic N) is 1. The van der Waals surface area contributed by atoms with Crippen LogP contribution < -0.4 is 14.4 Å². The Kier molecular flexibility index (Phi) is 8.43. The number of benzene rings is 2. The van der Waals surface area contributed by atoms with Crippen molar-refractivity contribution in [3.05, 3.63) is 41.5 Å².